The van der Waals surface area contributed by atoms with Gasteiger partial charge >= 0.3 is 0 Å². The van der Waals surface area contributed by atoms with Crippen LogP contribution >= 0.6 is 0 Å². The van der Waals surface area contributed by atoms with Gasteiger partial charge in [-0.15, -0.1) is 0 Å². The number of aliphatic hydroxyl groups excluding tert-OH is 1. The van der Waals surface area contributed by atoms with Gasteiger partial charge in [-0.2, -0.15) is 0 Å². The van der Waals surface area contributed by atoms with Crippen molar-refractivity contribution in [1.29, 1.82) is 0 Å². The number of hydrogen-bond donors (Lipinski definition) is 1. The topological polar surface area (TPSA) is 38.7 Å². The van der Waals surface area contributed by atoms with Crippen molar-refractivity contribution >= 4 is 0 Å². The number of aliphatic hydroxyl groups is 1. The number of morpholine rings is 1. The molecule has 21 heavy (non-hydrogen) atoms. The summed E-state index contributed by atoms with van der Waals surface area (Å²) in [5.41, 5.74) is 0.371. The lowest BCUT2D eigenvalue weighted by Crippen LogP contribution is -2.56. The molecule has 1 saturated heterocycles. The zero-order chi connectivity index (χ0) is 15.5. The second kappa shape index (κ2) is 6.95. The summed E-state index contributed by atoms with van der Waals surface area (Å²) < 4.78 is 12.4. The van der Waals surface area contributed by atoms with Crippen LogP contribution in [0.2, 0.25) is 0 Å². The third-order valence-corrected chi connectivity index (χ3v) is 5.07. The Morgan fingerprint density at radius 3 is 2.57 bits per heavy atom. The molecule has 0 bridgehead atoms. The zero-order valence-corrected chi connectivity index (χ0v) is 14.3. The Kier molecular flexibility index (Phi) is 5.69. The van der Waals surface area contributed by atoms with Crippen LogP contribution in [-0.4, -0.2) is 68.3 Å². The Morgan fingerprint density at radius 1 is 1.29 bits per heavy atom. The number of quaternary nitrogens is 1. The van der Waals surface area contributed by atoms with Crippen LogP contribution < -0.4 is 0 Å². The Hall–Kier alpha value is -0.160. The fourth-order valence-electron chi connectivity index (χ4n) is 4.16. The summed E-state index contributed by atoms with van der Waals surface area (Å²) in [6.45, 7) is 11.8. The van der Waals surface area contributed by atoms with Crippen LogP contribution in [0.15, 0.2) is 0 Å². The van der Waals surface area contributed by atoms with Gasteiger partial charge in [-0.1, -0.05) is 20.8 Å². The summed E-state index contributed by atoms with van der Waals surface area (Å²) in [6.07, 6.45) is 3.48. The molecule has 0 aromatic heterocycles. The van der Waals surface area contributed by atoms with E-state index in [1.807, 2.05) is 0 Å². The van der Waals surface area contributed by atoms with Crippen molar-refractivity contribution in [2.75, 3.05) is 46.5 Å². The lowest BCUT2D eigenvalue weighted by molar-refractivity contribution is -0.919. The lowest BCUT2D eigenvalue weighted by Gasteiger charge is -2.40. The van der Waals surface area contributed by atoms with Gasteiger partial charge in [0.1, 0.15) is 25.7 Å². The van der Waals surface area contributed by atoms with Gasteiger partial charge in [0, 0.05) is 0 Å². The summed E-state index contributed by atoms with van der Waals surface area (Å²) >= 11 is 0. The maximum atomic E-state index is 10.3. The van der Waals surface area contributed by atoms with Crippen LogP contribution in [0.5, 0.6) is 0 Å². The van der Waals surface area contributed by atoms with Crippen molar-refractivity contribution in [2.24, 2.45) is 11.3 Å². The van der Waals surface area contributed by atoms with Crippen molar-refractivity contribution in [2.45, 2.75) is 52.2 Å². The number of likely N-dealkylation sites (N-methyl/N-ethyl adjacent to an activating group) is 1. The molecule has 0 spiro atoms. The molecule has 4 heteroatoms. The third kappa shape index (κ3) is 5.51. The molecule has 2 fully saturated rings. The van der Waals surface area contributed by atoms with Crippen LogP contribution in [0, 0.1) is 11.3 Å². The van der Waals surface area contributed by atoms with Gasteiger partial charge in [-0.25, -0.2) is 0 Å². The molecule has 2 rings (SSSR count). The van der Waals surface area contributed by atoms with Crippen LogP contribution in [0.25, 0.3) is 0 Å². The van der Waals surface area contributed by atoms with Crippen LogP contribution in [0.1, 0.15) is 40.0 Å². The molecule has 1 aliphatic carbocycles. The van der Waals surface area contributed by atoms with E-state index in [1.165, 1.54) is 6.42 Å². The van der Waals surface area contributed by atoms with Gasteiger partial charge in [0.2, 0.25) is 0 Å². The van der Waals surface area contributed by atoms with Gasteiger partial charge in [-0.05, 0) is 30.6 Å². The second-order valence-electron chi connectivity index (χ2n) is 8.38. The Labute approximate surface area is 130 Å². The second-order valence-corrected chi connectivity index (χ2v) is 8.38. The highest BCUT2D eigenvalue weighted by Crippen LogP contribution is 2.39. The highest BCUT2D eigenvalue weighted by Gasteiger charge is 2.33. The number of nitrogens with zero attached hydrogens (tertiary/aromatic N) is 1. The molecule has 4 nitrogen and oxygen atoms in total. The first-order valence-corrected chi connectivity index (χ1v) is 8.49. The van der Waals surface area contributed by atoms with E-state index in [9.17, 15) is 5.11 Å². The summed E-state index contributed by atoms with van der Waals surface area (Å²) in [5.74, 6) is 0.722. The van der Waals surface area contributed by atoms with Crippen LogP contribution in [-0.2, 0) is 9.47 Å². The quantitative estimate of drug-likeness (QED) is 0.790. The minimum Gasteiger partial charge on any atom is -0.385 e. The average Bonchev–Trinajstić information content (AvgIpc) is 2.34. The zero-order valence-electron chi connectivity index (χ0n) is 14.3. The summed E-state index contributed by atoms with van der Waals surface area (Å²) in [7, 11) is 2.21. The van der Waals surface area contributed by atoms with Gasteiger partial charge in [-0.3, -0.25) is 0 Å². The average molecular weight is 300 g/mol. The van der Waals surface area contributed by atoms with E-state index in [2.05, 4.69) is 27.8 Å². The minimum atomic E-state index is -0.367. The van der Waals surface area contributed by atoms with Gasteiger partial charge in [0.15, 0.2) is 0 Å². The Bertz CT molecular complexity index is 326. The van der Waals surface area contributed by atoms with Crippen molar-refractivity contribution in [1.82, 2.24) is 0 Å². The Balaban J connectivity index is 1.74. The summed E-state index contributed by atoms with van der Waals surface area (Å²) in [4.78, 5) is 0. The first kappa shape index (κ1) is 17.2. The van der Waals surface area contributed by atoms with E-state index in [0.29, 0.717) is 18.1 Å². The van der Waals surface area contributed by atoms with Gasteiger partial charge in [0.05, 0.1) is 33.0 Å². The fraction of sp³-hybridized carbons (Fsp3) is 1.00. The van der Waals surface area contributed by atoms with Crippen molar-refractivity contribution in [3.63, 3.8) is 0 Å². The van der Waals surface area contributed by atoms with Gasteiger partial charge < -0.3 is 19.1 Å². The molecule has 1 heterocycles. The SMILES string of the molecule is C[C@@H]1C[C@@H](OC[C@H](O)C[N+]2(C)CCOCC2)CC(C)(C)C1. The van der Waals surface area contributed by atoms with Crippen LogP contribution in [0.3, 0.4) is 0 Å². The molecule has 1 saturated carbocycles. The molecule has 0 aromatic carbocycles. The van der Waals surface area contributed by atoms with Crippen LogP contribution in [0.4, 0.5) is 0 Å². The van der Waals surface area contributed by atoms with E-state index in [4.69, 9.17) is 9.47 Å². The molecule has 2 aliphatic rings. The predicted molar refractivity (Wildman–Crippen MR) is 84.1 cm³/mol. The molecule has 0 unspecified atom stereocenters. The minimum absolute atomic E-state index is 0.313. The first-order chi connectivity index (χ1) is 9.78. The molecule has 0 radical (unpaired) electrons. The predicted octanol–water partition coefficient (Wildman–Crippen LogP) is 2.06. The van der Waals surface area contributed by atoms with E-state index in [1.54, 1.807) is 0 Å². The van der Waals surface area contributed by atoms with Gasteiger partial charge in [0.25, 0.3) is 0 Å². The first-order valence-electron chi connectivity index (χ1n) is 8.49. The maximum absolute atomic E-state index is 10.3. The molecule has 0 amide bonds. The number of hydrogen-bond acceptors (Lipinski definition) is 3. The highest BCUT2D eigenvalue weighted by molar-refractivity contribution is 4.83. The largest absolute Gasteiger partial charge is 0.385 e. The van der Waals surface area contributed by atoms with Crippen molar-refractivity contribution in [3.8, 4) is 0 Å². The number of ether oxygens (including phenoxy) is 2. The molecule has 1 N–H and O–H groups in total. The lowest BCUT2D eigenvalue weighted by atomic mass is 9.71. The Morgan fingerprint density at radius 2 is 1.95 bits per heavy atom. The van der Waals surface area contributed by atoms with E-state index in [0.717, 1.165) is 56.1 Å². The fourth-order valence-corrected chi connectivity index (χ4v) is 4.16. The van der Waals surface area contributed by atoms with E-state index < -0.39 is 0 Å². The normalized spacial score (nSPS) is 33.6. The molecular weight excluding hydrogens is 266 g/mol. The molecule has 1 aliphatic heterocycles. The van der Waals surface area contributed by atoms with Crippen molar-refractivity contribution < 1.29 is 19.1 Å². The summed E-state index contributed by atoms with van der Waals surface area (Å²) in [6, 6.07) is 0. The monoisotopic (exact) mass is 300 g/mol. The highest BCUT2D eigenvalue weighted by atomic mass is 16.5. The smallest absolute Gasteiger partial charge is 0.126 e. The molecule has 124 valence electrons. The van der Waals surface area contributed by atoms with Crippen molar-refractivity contribution in [3.05, 3.63) is 0 Å². The summed E-state index contributed by atoms with van der Waals surface area (Å²) in [5, 5.41) is 10.3. The van der Waals surface area contributed by atoms with E-state index in [-0.39, 0.29) is 6.10 Å². The van der Waals surface area contributed by atoms with E-state index >= 15 is 0 Å². The maximum Gasteiger partial charge on any atom is 0.126 e. The number of rotatable bonds is 5. The third-order valence-electron chi connectivity index (χ3n) is 5.07. The molecule has 3 atom stereocenters. The molecule has 0 aromatic rings. The molecular formula is C17H34NO3+. The standard InChI is InChI=1S/C17H34NO3/c1-14-9-16(11-17(2,3)10-14)21-13-15(19)12-18(4)5-7-20-8-6-18/h14-16,19H,5-13H2,1-4H3/q+1/t14-,15-,16-/m1/s1.